The number of fused-ring (bicyclic) bond motifs is 3. The van der Waals surface area contributed by atoms with Gasteiger partial charge in [-0.2, -0.15) is 4.52 Å². The zero-order valence-corrected chi connectivity index (χ0v) is 15.3. The highest BCUT2D eigenvalue weighted by atomic mass is 32.2. The monoisotopic (exact) mass is 373 g/mol. The molecule has 5 aromatic rings. The predicted octanol–water partition coefficient (Wildman–Crippen LogP) is 4.53. The molecule has 132 valence electrons. The van der Waals surface area contributed by atoms with Crippen LogP contribution >= 0.6 is 11.8 Å². The molecule has 0 aliphatic heterocycles. The molecule has 0 amide bonds. The Hall–Kier alpha value is -3.19. The molecule has 0 spiro atoms. The van der Waals surface area contributed by atoms with Crippen molar-refractivity contribution in [3.63, 3.8) is 0 Å². The van der Waals surface area contributed by atoms with Gasteiger partial charge in [0.25, 0.3) is 0 Å². The molecule has 0 fully saturated rings. The fraction of sp³-hybridized carbons (Fsp3) is 0.100. The maximum Gasteiger partial charge on any atom is 0.191 e. The standard InChI is InChI=1S/C20H15N5OS/c1-13-21-19-16-9-5-6-10-17(16)22-20(25(19)23-13)27-12-15-11-18(26-24-15)14-7-3-2-4-8-14/h2-11H,12H2,1H3. The zero-order valence-electron chi connectivity index (χ0n) is 14.5. The molecular formula is C20H15N5OS. The number of rotatable bonds is 4. The predicted molar refractivity (Wildman–Crippen MR) is 105 cm³/mol. The molecule has 0 saturated heterocycles. The smallest absolute Gasteiger partial charge is 0.191 e. The van der Waals surface area contributed by atoms with Crippen LogP contribution in [0.15, 0.2) is 70.3 Å². The molecule has 0 atom stereocenters. The summed E-state index contributed by atoms with van der Waals surface area (Å²) in [5.74, 6) is 2.12. The minimum atomic E-state index is 0.635. The first-order valence-corrected chi connectivity index (χ1v) is 9.52. The number of hydrogen-bond acceptors (Lipinski definition) is 6. The minimum absolute atomic E-state index is 0.635. The van der Waals surface area contributed by atoms with E-state index in [1.807, 2.05) is 67.6 Å². The summed E-state index contributed by atoms with van der Waals surface area (Å²) in [7, 11) is 0. The van der Waals surface area contributed by atoms with Crippen LogP contribution in [0.5, 0.6) is 0 Å². The van der Waals surface area contributed by atoms with Crippen molar-refractivity contribution in [3.8, 4) is 11.3 Å². The van der Waals surface area contributed by atoms with Gasteiger partial charge >= 0.3 is 0 Å². The quantitative estimate of drug-likeness (QED) is 0.340. The lowest BCUT2D eigenvalue weighted by molar-refractivity contribution is 0.426. The van der Waals surface area contributed by atoms with Gasteiger partial charge in [-0.15, -0.1) is 5.10 Å². The van der Waals surface area contributed by atoms with Crippen molar-refractivity contribution in [1.29, 1.82) is 0 Å². The Balaban J connectivity index is 1.47. The summed E-state index contributed by atoms with van der Waals surface area (Å²) in [6.45, 7) is 1.89. The molecule has 6 nitrogen and oxygen atoms in total. The van der Waals surface area contributed by atoms with Crippen molar-refractivity contribution < 1.29 is 4.52 Å². The van der Waals surface area contributed by atoms with Crippen LogP contribution in [0.25, 0.3) is 27.9 Å². The third-order valence-corrected chi connectivity index (χ3v) is 5.18. The van der Waals surface area contributed by atoms with Crippen molar-refractivity contribution in [2.24, 2.45) is 0 Å². The van der Waals surface area contributed by atoms with E-state index in [9.17, 15) is 0 Å². The normalized spacial score (nSPS) is 11.4. The first-order valence-electron chi connectivity index (χ1n) is 8.54. The number of aromatic nitrogens is 5. The van der Waals surface area contributed by atoms with E-state index >= 15 is 0 Å². The maximum absolute atomic E-state index is 5.48. The summed E-state index contributed by atoms with van der Waals surface area (Å²) in [6, 6.07) is 19.9. The van der Waals surface area contributed by atoms with Crippen molar-refractivity contribution in [3.05, 3.63) is 72.2 Å². The van der Waals surface area contributed by atoms with E-state index in [1.54, 1.807) is 16.3 Å². The van der Waals surface area contributed by atoms with Crippen LogP contribution in [-0.4, -0.2) is 24.7 Å². The summed E-state index contributed by atoms with van der Waals surface area (Å²) >= 11 is 1.57. The molecule has 7 heteroatoms. The van der Waals surface area contributed by atoms with E-state index in [1.165, 1.54) is 0 Å². The van der Waals surface area contributed by atoms with E-state index in [-0.39, 0.29) is 0 Å². The van der Waals surface area contributed by atoms with Gasteiger partial charge in [0.15, 0.2) is 16.6 Å². The van der Waals surface area contributed by atoms with Crippen LogP contribution in [-0.2, 0) is 5.75 Å². The summed E-state index contributed by atoms with van der Waals surface area (Å²) < 4.78 is 7.29. The molecule has 3 heterocycles. The number of hydrogen-bond donors (Lipinski definition) is 0. The largest absolute Gasteiger partial charge is 0.356 e. The second-order valence-corrected chi connectivity index (χ2v) is 7.09. The molecule has 0 bridgehead atoms. The second-order valence-electron chi connectivity index (χ2n) is 6.14. The molecular weight excluding hydrogens is 358 g/mol. The summed E-state index contributed by atoms with van der Waals surface area (Å²) in [5.41, 5.74) is 3.61. The SMILES string of the molecule is Cc1nc2c3ccccc3nc(SCc3cc(-c4ccccc4)on3)n2n1. The average molecular weight is 373 g/mol. The molecule has 0 aliphatic rings. The van der Waals surface area contributed by atoms with Crippen LogP contribution in [0.2, 0.25) is 0 Å². The maximum atomic E-state index is 5.48. The second kappa shape index (κ2) is 6.51. The number of thioether (sulfide) groups is 1. The van der Waals surface area contributed by atoms with Crippen molar-refractivity contribution in [2.75, 3.05) is 0 Å². The van der Waals surface area contributed by atoms with E-state index < -0.39 is 0 Å². The molecule has 5 rings (SSSR count). The molecule has 0 N–H and O–H groups in total. The average Bonchev–Trinajstić information content (AvgIpc) is 3.33. The summed E-state index contributed by atoms with van der Waals surface area (Å²) in [6.07, 6.45) is 0. The van der Waals surface area contributed by atoms with Crippen molar-refractivity contribution >= 4 is 28.3 Å². The van der Waals surface area contributed by atoms with Gasteiger partial charge in [-0.3, -0.25) is 0 Å². The van der Waals surface area contributed by atoms with Gasteiger partial charge in [0.1, 0.15) is 5.82 Å². The van der Waals surface area contributed by atoms with Crippen molar-refractivity contribution in [1.82, 2.24) is 24.7 Å². The lowest BCUT2D eigenvalue weighted by Gasteiger charge is -2.05. The Labute approximate surface area is 159 Å². The third-order valence-electron chi connectivity index (χ3n) is 4.22. The van der Waals surface area contributed by atoms with Crippen LogP contribution in [0.4, 0.5) is 0 Å². The zero-order chi connectivity index (χ0) is 18.2. The van der Waals surface area contributed by atoms with E-state index in [0.29, 0.717) is 5.75 Å². The first-order chi connectivity index (χ1) is 13.3. The first kappa shape index (κ1) is 16.0. The van der Waals surface area contributed by atoms with Gasteiger partial charge in [-0.05, 0) is 19.1 Å². The fourth-order valence-electron chi connectivity index (χ4n) is 2.98. The molecule has 0 unspecified atom stereocenters. The minimum Gasteiger partial charge on any atom is -0.356 e. The molecule has 2 aromatic carbocycles. The topological polar surface area (TPSA) is 69.1 Å². The Bertz CT molecular complexity index is 1250. The van der Waals surface area contributed by atoms with Gasteiger partial charge in [-0.25, -0.2) is 9.97 Å². The molecule has 27 heavy (non-hydrogen) atoms. The highest BCUT2D eigenvalue weighted by molar-refractivity contribution is 7.98. The van der Waals surface area contributed by atoms with E-state index in [4.69, 9.17) is 9.51 Å². The number of benzene rings is 2. The number of para-hydroxylation sites is 1. The highest BCUT2D eigenvalue weighted by Gasteiger charge is 2.14. The molecule has 0 radical (unpaired) electrons. The molecule has 0 saturated carbocycles. The van der Waals surface area contributed by atoms with Crippen molar-refractivity contribution in [2.45, 2.75) is 17.8 Å². The Morgan fingerprint density at radius 2 is 1.81 bits per heavy atom. The van der Waals surface area contributed by atoms with Gasteiger partial charge in [-0.1, -0.05) is 59.4 Å². The van der Waals surface area contributed by atoms with Crippen LogP contribution in [0.1, 0.15) is 11.5 Å². The third kappa shape index (κ3) is 2.96. The van der Waals surface area contributed by atoms with E-state index in [2.05, 4.69) is 15.2 Å². The van der Waals surface area contributed by atoms with Gasteiger partial charge < -0.3 is 4.52 Å². The van der Waals surface area contributed by atoms with E-state index in [0.717, 1.165) is 44.5 Å². The lowest BCUT2D eigenvalue weighted by atomic mass is 10.2. The van der Waals surface area contributed by atoms with Crippen LogP contribution < -0.4 is 0 Å². The Kier molecular flexibility index (Phi) is 3.86. The fourth-order valence-corrected chi connectivity index (χ4v) is 3.81. The highest BCUT2D eigenvalue weighted by Crippen LogP contribution is 2.27. The summed E-state index contributed by atoms with van der Waals surface area (Å²) in [5, 5.41) is 10.5. The van der Waals surface area contributed by atoms with Gasteiger partial charge in [0.05, 0.1) is 11.2 Å². The van der Waals surface area contributed by atoms with Gasteiger partial charge in [0, 0.05) is 22.8 Å². The van der Waals surface area contributed by atoms with Gasteiger partial charge in [0.2, 0.25) is 0 Å². The van der Waals surface area contributed by atoms with Crippen LogP contribution in [0, 0.1) is 6.92 Å². The lowest BCUT2D eigenvalue weighted by Crippen LogP contribution is -1.98. The Morgan fingerprint density at radius 3 is 2.70 bits per heavy atom. The van der Waals surface area contributed by atoms with Crippen LogP contribution in [0.3, 0.4) is 0 Å². The summed E-state index contributed by atoms with van der Waals surface area (Å²) in [4.78, 5) is 9.33. The molecule has 0 aliphatic carbocycles. The number of nitrogens with zero attached hydrogens (tertiary/aromatic N) is 5. The Morgan fingerprint density at radius 1 is 1.00 bits per heavy atom. The molecule has 3 aromatic heterocycles. The number of aryl methyl sites for hydroxylation is 1.